The second-order valence-corrected chi connectivity index (χ2v) is 3.28. The average Bonchev–Trinajstić information content (AvgIpc) is 2.28. The summed E-state index contributed by atoms with van der Waals surface area (Å²) in [4.78, 5) is 21.2. The molecule has 17 heavy (non-hydrogen) atoms. The average molecular weight is 238 g/mol. The highest BCUT2D eigenvalue weighted by Crippen LogP contribution is 2.13. The van der Waals surface area contributed by atoms with E-state index < -0.39 is 11.9 Å². The maximum absolute atomic E-state index is 11.1. The number of aliphatic carboxylic acids is 1. The van der Waals surface area contributed by atoms with E-state index in [1.807, 2.05) is 0 Å². The van der Waals surface area contributed by atoms with Crippen molar-refractivity contribution in [1.29, 1.82) is 0 Å². The Labute approximate surface area is 98.4 Å². The fourth-order valence-electron chi connectivity index (χ4n) is 1.27. The third-order valence-corrected chi connectivity index (χ3v) is 1.98. The van der Waals surface area contributed by atoms with E-state index in [1.165, 1.54) is 0 Å². The van der Waals surface area contributed by atoms with Crippen molar-refractivity contribution in [3.8, 4) is 0 Å². The van der Waals surface area contributed by atoms with E-state index in [2.05, 4.69) is 5.32 Å². The first-order chi connectivity index (χ1) is 8.11. The third kappa shape index (κ3) is 4.52. The van der Waals surface area contributed by atoms with Crippen LogP contribution >= 0.6 is 0 Å². The topological polar surface area (TPSA) is 102 Å². The van der Waals surface area contributed by atoms with Crippen molar-refractivity contribution in [2.45, 2.75) is 0 Å². The van der Waals surface area contributed by atoms with Gasteiger partial charge < -0.3 is 20.9 Å². The van der Waals surface area contributed by atoms with Gasteiger partial charge in [0.05, 0.1) is 12.2 Å². The van der Waals surface area contributed by atoms with Crippen LogP contribution in [-0.2, 0) is 9.53 Å². The Morgan fingerprint density at radius 1 is 1.35 bits per heavy atom. The number of hydrogen-bond donors (Lipinski definition) is 3. The van der Waals surface area contributed by atoms with Crippen LogP contribution in [0.2, 0.25) is 0 Å². The molecule has 4 N–H and O–H groups in total. The molecule has 0 aliphatic heterocycles. The molecule has 1 aromatic rings. The first-order valence-electron chi connectivity index (χ1n) is 5.03. The van der Waals surface area contributed by atoms with Gasteiger partial charge in [0.2, 0.25) is 0 Å². The van der Waals surface area contributed by atoms with Crippen LogP contribution in [0, 0.1) is 0 Å². The van der Waals surface area contributed by atoms with Crippen LogP contribution < -0.4 is 11.1 Å². The minimum atomic E-state index is -1.01. The molecule has 0 aliphatic rings. The van der Waals surface area contributed by atoms with Crippen molar-refractivity contribution in [2.24, 2.45) is 5.73 Å². The van der Waals surface area contributed by atoms with Gasteiger partial charge in [0, 0.05) is 12.2 Å². The molecule has 0 saturated heterocycles. The molecule has 0 fully saturated rings. The Morgan fingerprint density at radius 2 is 2.06 bits per heavy atom. The van der Waals surface area contributed by atoms with Crippen LogP contribution in [0.15, 0.2) is 24.3 Å². The van der Waals surface area contributed by atoms with Crippen LogP contribution in [-0.4, -0.2) is 36.7 Å². The predicted octanol–water partition coefficient (Wildman–Crippen LogP) is 0.299. The number of primary amides is 1. The van der Waals surface area contributed by atoms with E-state index >= 15 is 0 Å². The van der Waals surface area contributed by atoms with Gasteiger partial charge in [-0.25, -0.2) is 4.79 Å². The number of carboxylic acids is 1. The molecule has 0 radical (unpaired) electrons. The number of benzene rings is 1. The van der Waals surface area contributed by atoms with Crippen molar-refractivity contribution in [3.05, 3.63) is 29.8 Å². The van der Waals surface area contributed by atoms with E-state index in [0.29, 0.717) is 17.8 Å². The number of rotatable bonds is 7. The highest BCUT2D eigenvalue weighted by Gasteiger charge is 2.05. The molecule has 0 atom stereocenters. The number of carbonyl (C=O) groups excluding carboxylic acids is 1. The molecule has 0 saturated carbocycles. The quantitative estimate of drug-likeness (QED) is 0.593. The summed E-state index contributed by atoms with van der Waals surface area (Å²) in [5.41, 5.74) is 6.20. The summed E-state index contributed by atoms with van der Waals surface area (Å²) >= 11 is 0. The van der Waals surface area contributed by atoms with Crippen LogP contribution in [0.4, 0.5) is 5.69 Å². The lowest BCUT2D eigenvalue weighted by atomic mass is 10.1. The van der Waals surface area contributed by atoms with Gasteiger partial charge in [-0.2, -0.15) is 0 Å². The highest BCUT2D eigenvalue weighted by molar-refractivity contribution is 5.98. The Morgan fingerprint density at radius 3 is 2.71 bits per heavy atom. The Bertz CT molecular complexity index is 406. The lowest BCUT2D eigenvalue weighted by Gasteiger charge is -2.09. The third-order valence-electron chi connectivity index (χ3n) is 1.98. The molecule has 92 valence electrons. The van der Waals surface area contributed by atoms with Crippen molar-refractivity contribution >= 4 is 17.6 Å². The number of ether oxygens (including phenoxy) is 1. The van der Waals surface area contributed by atoms with E-state index in [4.69, 9.17) is 15.6 Å². The van der Waals surface area contributed by atoms with Crippen LogP contribution in [0.25, 0.3) is 0 Å². The number of carbonyl (C=O) groups is 2. The van der Waals surface area contributed by atoms with E-state index in [0.717, 1.165) is 0 Å². The highest BCUT2D eigenvalue weighted by atomic mass is 16.5. The Hall–Kier alpha value is -2.08. The van der Waals surface area contributed by atoms with Gasteiger partial charge in [0.25, 0.3) is 5.91 Å². The zero-order chi connectivity index (χ0) is 12.7. The predicted molar refractivity (Wildman–Crippen MR) is 61.9 cm³/mol. The first kappa shape index (κ1) is 13.0. The van der Waals surface area contributed by atoms with Crippen molar-refractivity contribution < 1.29 is 19.4 Å². The zero-order valence-corrected chi connectivity index (χ0v) is 9.18. The lowest BCUT2D eigenvalue weighted by molar-refractivity contribution is -0.142. The normalized spacial score (nSPS) is 9.88. The van der Waals surface area contributed by atoms with Gasteiger partial charge in [-0.05, 0) is 12.1 Å². The molecule has 0 heterocycles. The second kappa shape index (κ2) is 6.49. The van der Waals surface area contributed by atoms with Crippen LogP contribution in [0.5, 0.6) is 0 Å². The number of nitrogens with one attached hydrogen (secondary N) is 1. The van der Waals surface area contributed by atoms with E-state index in [9.17, 15) is 9.59 Å². The number of carboxylic acid groups (broad SMARTS) is 1. The largest absolute Gasteiger partial charge is 0.480 e. The summed E-state index contributed by atoms with van der Waals surface area (Å²) in [6.45, 7) is 0.302. The van der Waals surface area contributed by atoms with Crippen molar-refractivity contribution in [3.63, 3.8) is 0 Å². The van der Waals surface area contributed by atoms with Gasteiger partial charge in [-0.15, -0.1) is 0 Å². The van der Waals surface area contributed by atoms with Gasteiger partial charge in [0.1, 0.15) is 6.61 Å². The number of amides is 1. The maximum Gasteiger partial charge on any atom is 0.329 e. The van der Waals surface area contributed by atoms with Gasteiger partial charge >= 0.3 is 5.97 Å². The molecular formula is C11H14N2O4. The molecule has 1 amide bonds. The molecule has 1 aromatic carbocycles. The molecule has 0 aliphatic carbocycles. The summed E-state index contributed by atoms with van der Waals surface area (Å²) in [5, 5.41) is 11.3. The second-order valence-electron chi connectivity index (χ2n) is 3.28. The van der Waals surface area contributed by atoms with E-state index in [1.54, 1.807) is 24.3 Å². The number of para-hydroxylation sites is 1. The molecule has 0 spiro atoms. The molecule has 0 unspecified atom stereocenters. The minimum Gasteiger partial charge on any atom is -0.480 e. The minimum absolute atomic E-state index is 0.236. The summed E-state index contributed by atoms with van der Waals surface area (Å²) < 4.78 is 4.84. The molecule has 6 heteroatoms. The zero-order valence-electron chi connectivity index (χ0n) is 9.18. The van der Waals surface area contributed by atoms with Gasteiger partial charge in [-0.1, -0.05) is 12.1 Å². The van der Waals surface area contributed by atoms with Crippen molar-refractivity contribution in [1.82, 2.24) is 0 Å². The number of anilines is 1. The Balaban J connectivity index is 2.41. The molecule has 0 aromatic heterocycles. The molecule has 0 bridgehead atoms. The first-order valence-corrected chi connectivity index (χ1v) is 5.03. The summed E-state index contributed by atoms with van der Waals surface area (Å²) in [6.07, 6.45) is 0. The summed E-state index contributed by atoms with van der Waals surface area (Å²) in [6, 6.07) is 6.82. The fraction of sp³-hybridized carbons (Fsp3) is 0.273. The van der Waals surface area contributed by atoms with Crippen LogP contribution in [0.3, 0.4) is 0 Å². The van der Waals surface area contributed by atoms with Gasteiger partial charge in [0.15, 0.2) is 0 Å². The Kier molecular flexibility index (Phi) is 4.96. The standard InChI is InChI=1S/C11H14N2O4/c12-11(16)8-3-1-2-4-9(8)13-5-6-17-7-10(14)15/h1-4,13H,5-7H2,(H2,12,16)(H,14,15). The lowest BCUT2D eigenvalue weighted by Crippen LogP contribution is -2.17. The van der Waals surface area contributed by atoms with E-state index in [-0.39, 0.29) is 13.2 Å². The summed E-state index contributed by atoms with van der Waals surface area (Å²) in [5.74, 6) is -1.53. The smallest absolute Gasteiger partial charge is 0.329 e. The molecule has 1 rings (SSSR count). The summed E-state index contributed by atoms with van der Waals surface area (Å²) in [7, 11) is 0. The van der Waals surface area contributed by atoms with Crippen molar-refractivity contribution in [2.75, 3.05) is 25.1 Å². The number of hydrogen-bond acceptors (Lipinski definition) is 4. The SMILES string of the molecule is NC(=O)c1ccccc1NCCOCC(=O)O. The monoisotopic (exact) mass is 238 g/mol. The van der Waals surface area contributed by atoms with Gasteiger partial charge in [-0.3, -0.25) is 4.79 Å². The number of nitrogens with two attached hydrogens (primary N) is 1. The molecule has 6 nitrogen and oxygen atoms in total. The van der Waals surface area contributed by atoms with Crippen LogP contribution in [0.1, 0.15) is 10.4 Å². The maximum atomic E-state index is 11.1. The fourth-order valence-corrected chi connectivity index (χ4v) is 1.27. The molecular weight excluding hydrogens is 224 g/mol.